The first-order chi connectivity index (χ1) is 13.0. The van der Waals surface area contributed by atoms with E-state index < -0.39 is 41.2 Å². The van der Waals surface area contributed by atoms with Gasteiger partial charge in [0, 0.05) is 0 Å². The molecule has 12 heteroatoms. The molecule has 0 spiro atoms. The number of rotatable bonds is 5. The molecule has 0 amide bonds. The highest BCUT2D eigenvalue weighted by atomic mass is 32.2. The minimum absolute atomic E-state index is 0.0423. The van der Waals surface area contributed by atoms with E-state index in [0.717, 1.165) is 32.3 Å². The third-order valence-corrected chi connectivity index (χ3v) is 6.91. The number of fused-ring (bicyclic) bond motifs is 2. The summed E-state index contributed by atoms with van der Waals surface area (Å²) >= 11 is 0. The molecule has 3 N–H and O–H groups in total. The number of carboxylic acid groups (broad SMARTS) is 1. The van der Waals surface area contributed by atoms with Crippen LogP contribution in [0.5, 0.6) is 0 Å². The molecule has 0 saturated carbocycles. The van der Waals surface area contributed by atoms with E-state index in [1.54, 1.807) is 0 Å². The maximum atomic E-state index is 12.9. The Bertz CT molecular complexity index is 1410. The van der Waals surface area contributed by atoms with Crippen LogP contribution in [0.2, 0.25) is 0 Å². The Morgan fingerprint density at radius 1 is 0.964 bits per heavy atom. The van der Waals surface area contributed by atoms with Crippen LogP contribution in [0.15, 0.2) is 49.3 Å². The zero-order chi connectivity index (χ0) is 20.9. The normalized spacial score (nSPS) is 12.5. The maximum Gasteiger partial charge on any atom is 0.335 e. The zero-order valence-electron chi connectivity index (χ0n) is 14.5. The number of benzene rings is 2. The third-order valence-electron chi connectivity index (χ3n) is 4.09. The first kappa shape index (κ1) is 19.9. The van der Waals surface area contributed by atoms with Gasteiger partial charge >= 0.3 is 5.97 Å². The number of hydrogen-bond donors (Lipinski definition) is 3. The van der Waals surface area contributed by atoms with E-state index in [-0.39, 0.29) is 27.5 Å². The molecule has 2 aromatic carbocycles. The molecule has 1 heterocycles. The number of sulfonamides is 2. The van der Waals surface area contributed by atoms with Crippen LogP contribution >= 0.6 is 0 Å². The topological polar surface area (TPSA) is 160 Å². The Kier molecular flexibility index (Phi) is 4.75. The van der Waals surface area contributed by atoms with Crippen LogP contribution in [-0.4, -0.2) is 42.0 Å². The summed E-state index contributed by atoms with van der Waals surface area (Å²) in [6.07, 6.45) is 0. The fraction of sp³-hybridized carbons (Fsp3) is 0.125. The van der Waals surface area contributed by atoms with Gasteiger partial charge in [0.2, 0.25) is 25.5 Å². The van der Waals surface area contributed by atoms with E-state index in [2.05, 4.69) is 4.72 Å². The molecule has 10 nitrogen and oxygen atoms in total. The van der Waals surface area contributed by atoms with Crippen LogP contribution in [0.3, 0.4) is 0 Å². The highest BCUT2D eigenvalue weighted by Gasteiger charge is 2.25. The smallest absolute Gasteiger partial charge is 0.335 e. The second-order valence-corrected chi connectivity index (χ2v) is 9.40. The highest BCUT2D eigenvalue weighted by molar-refractivity contribution is 7.90. The molecule has 0 atom stereocenters. The van der Waals surface area contributed by atoms with Crippen molar-refractivity contribution in [2.75, 3.05) is 14.1 Å². The molecule has 0 aliphatic rings. The van der Waals surface area contributed by atoms with Crippen LogP contribution in [0.25, 0.3) is 21.9 Å². The molecule has 0 aliphatic heterocycles. The SMILES string of the molecule is CNS(=O)(=O)c1cc(S(=O)(=O)NC)c2oc3ccc(C(=O)O)cc3c(=O)c2c1. The summed E-state index contributed by atoms with van der Waals surface area (Å²) in [6.45, 7) is 0. The van der Waals surface area contributed by atoms with E-state index in [0.29, 0.717) is 0 Å². The number of hydrogen-bond acceptors (Lipinski definition) is 7. The number of carboxylic acids is 1. The van der Waals surface area contributed by atoms with E-state index in [4.69, 9.17) is 9.52 Å². The van der Waals surface area contributed by atoms with E-state index in [1.807, 2.05) is 4.72 Å². The lowest BCUT2D eigenvalue weighted by molar-refractivity contribution is 0.0697. The first-order valence-corrected chi connectivity index (χ1v) is 10.6. The van der Waals surface area contributed by atoms with Gasteiger partial charge in [-0.2, -0.15) is 0 Å². The van der Waals surface area contributed by atoms with Crippen LogP contribution in [0.4, 0.5) is 0 Å². The largest absolute Gasteiger partial charge is 0.478 e. The number of carbonyl (C=O) groups is 1. The number of nitrogens with one attached hydrogen (secondary N) is 2. The second kappa shape index (κ2) is 6.67. The van der Waals surface area contributed by atoms with E-state index >= 15 is 0 Å². The summed E-state index contributed by atoms with van der Waals surface area (Å²) in [5.74, 6) is -1.27. The molecule has 0 aliphatic carbocycles. The van der Waals surface area contributed by atoms with Crippen molar-refractivity contribution in [2.45, 2.75) is 9.79 Å². The monoisotopic (exact) mass is 426 g/mol. The van der Waals surface area contributed by atoms with Gasteiger partial charge in [-0.3, -0.25) is 4.79 Å². The Morgan fingerprint density at radius 2 is 1.61 bits per heavy atom. The molecule has 0 fully saturated rings. The molecule has 3 rings (SSSR count). The van der Waals surface area contributed by atoms with Gasteiger partial charge in [0.05, 0.1) is 21.2 Å². The Balaban J connectivity index is 2.58. The quantitative estimate of drug-likeness (QED) is 0.496. The van der Waals surface area contributed by atoms with Gasteiger partial charge in [-0.15, -0.1) is 0 Å². The van der Waals surface area contributed by atoms with Crippen LogP contribution in [-0.2, 0) is 20.0 Å². The van der Waals surface area contributed by atoms with Crippen molar-refractivity contribution in [3.63, 3.8) is 0 Å². The fourth-order valence-corrected chi connectivity index (χ4v) is 4.37. The van der Waals surface area contributed by atoms with Crippen molar-refractivity contribution in [2.24, 2.45) is 0 Å². The molecule has 0 unspecified atom stereocenters. The summed E-state index contributed by atoms with van der Waals surface area (Å²) in [6, 6.07) is 5.36. The summed E-state index contributed by atoms with van der Waals surface area (Å²) in [5.41, 5.74) is -1.33. The average Bonchev–Trinajstić information content (AvgIpc) is 2.67. The minimum Gasteiger partial charge on any atom is -0.478 e. The summed E-state index contributed by atoms with van der Waals surface area (Å²) in [5, 5.41) is 8.66. The van der Waals surface area contributed by atoms with Gasteiger partial charge < -0.3 is 9.52 Å². The molecule has 0 radical (unpaired) electrons. The maximum absolute atomic E-state index is 12.9. The summed E-state index contributed by atoms with van der Waals surface area (Å²) in [4.78, 5) is 23.1. The van der Waals surface area contributed by atoms with Gasteiger partial charge in [0.1, 0.15) is 10.5 Å². The van der Waals surface area contributed by atoms with Crippen LogP contribution < -0.4 is 14.9 Å². The molecule has 3 aromatic rings. The lowest BCUT2D eigenvalue weighted by atomic mass is 10.1. The first-order valence-electron chi connectivity index (χ1n) is 7.67. The highest BCUT2D eigenvalue weighted by Crippen LogP contribution is 2.28. The standard InChI is InChI=1S/C16H14N2O8S2/c1-17-27(22,23)9-6-11-14(19)10-5-8(16(20)21)3-4-12(10)26-15(11)13(7-9)28(24,25)18-2/h3-7,17-18H,1-2H3,(H,20,21). The molecule has 0 bridgehead atoms. The van der Waals surface area contributed by atoms with Crippen molar-refractivity contribution in [1.29, 1.82) is 0 Å². The van der Waals surface area contributed by atoms with Gasteiger partial charge in [-0.1, -0.05) is 0 Å². The lowest BCUT2D eigenvalue weighted by Gasteiger charge is -2.11. The fourth-order valence-electron chi connectivity index (χ4n) is 2.62. The second-order valence-electron chi connectivity index (χ2n) is 5.66. The Labute approximate surface area is 158 Å². The number of aromatic carboxylic acids is 1. The van der Waals surface area contributed by atoms with E-state index in [9.17, 15) is 26.4 Å². The summed E-state index contributed by atoms with van der Waals surface area (Å²) < 4.78 is 58.9. The van der Waals surface area contributed by atoms with Gasteiger partial charge in [0.15, 0.2) is 5.58 Å². The van der Waals surface area contributed by atoms with Gasteiger partial charge in [0.25, 0.3) is 0 Å². The van der Waals surface area contributed by atoms with Crippen LogP contribution in [0, 0.1) is 0 Å². The lowest BCUT2D eigenvalue weighted by Crippen LogP contribution is -2.22. The van der Waals surface area contributed by atoms with Crippen molar-refractivity contribution in [1.82, 2.24) is 9.44 Å². The molecule has 0 saturated heterocycles. The van der Waals surface area contributed by atoms with Crippen molar-refractivity contribution >= 4 is 48.0 Å². The van der Waals surface area contributed by atoms with Crippen molar-refractivity contribution in [3.8, 4) is 0 Å². The van der Waals surface area contributed by atoms with Crippen molar-refractivity contribution in [3.05, 3.63) is 46.1 Å². The van der Waals surface area contributed by atoms with Crippen LogP contribution in [0.1, 0.15) is 10.4 Å². The minimum atomic E-state index is -4.19. The van der Waals surface area contributed by atoms with Gasteiger partial charge in [-0.25, -0.2) is 31.1 Å². The molecular weight excluding hydrogens is 412 g/mol. The average molecular weight is 426 g/mol. The zero-order valence-corrected chi connectivity index (χ0v) is 16.1. The Morgan fingerprint density at radius 3 is 2.18 bits per heavy atom. The third kappa shape index (κ3) is 3.16. The summed E-state index contributed by atoms with van der Waals surface area (Å²) in [7, 11) is -6.02. The van der Waals surface area contributed by atoms with Crippen molar-refractivity contribution < 1.29 is 31.2 Å². The molecule has 148 valence electrons. The molecular formula is C16H14N2O8S2. The Hall–Kier alpha value is -2.80. The van der Waals surface area contributed by atoms with E-state index in [1.165, 1.54) is 12.1 Å². The molecule has 28 heavy (non-hydrogen) atoms. The predicted octanol–water partition coefficient (Wildman–Crippen LogP) is 0.461. The predicted molar refractivity (Wildman–Crippen MR) is 99.4 cm³/mol. The molecule has 1 aromatic heterocycles. The van der Waals surface area contributed by atoms with Gasteiger partial charge in [-0.05, 0) is 44.4 Å².